The molecule has 2 N–H and O–H groups in total. The molecule has 0 unspecified atom stereocenters. The van der Waals surface area contributed by atoms with Gasteiger partial charge in [0.1, 0.15) is 9.88 Å². The van der Waals surface area contributed by atoms with Gasteiger partial charge in [-0.2, -0.15) is 0 Å². The van der Waals surface area contributed by atoms with Gasteiger partial charge in [0.25, 0.3) is 0 Å². The Morgan fingerprint density at radius 3 is 2.30 bits per heavy atom. The molecule has 112 valence electrons. The Hall–Kier alpha value is -1.56. The van der Waals surface area contributed by atoms with E-state index in [1.807, 2.05) is 13.8 Å². The first-order valence-electron chi connectivity index (χ1n) is 6.51. The summed E-state index contributed by atoms with van der Waals surface area (Å²) in [6.07, 6.45) is -0.238. The van der Waals surface area contributed by atoms with E-state index in [0.717, 1.165) is 11.3 Å². The maximum Gasteiger partial charge on any atom is 0.348 e. The van der Waals surface area contributed by atoms with Gasteiger partial charge in [0.15, 0.2) is 0 Å². The molecule has 1 rings (SSSR count). The first-order chi connectivity index (χ1) is 9.23. The second-order valence-electron chi connectivity index (χ2n) is 5.24. The van der Waals surface area contributed by atoms with Crippen molar-refractivity contribution in [2.75, 3.05) is 12.3 Å². The first kappa shape index (κ1) is 16.5. The van der Waals surface area contributed by atoms with Crippen LogP contribution in [0.3, 0.4) is 0 Å². The number of rotatable bonds is 5. The molecule has 0 saturated heterocycles. The average Bonchev–Trinajstić information content (AvgIpc) is 2.60. The smallest absolute Gasteiger partial charge is 0.348 e. The molecule has 0 aliphatic carbocycles. The zero-order chi connectivity index (χ0) is 15.4. The van der Waals surface area contributed by atoms with Gasteiger partial charge >= 0.3 is 11.9 Å². The molecule has 1 aromatic heterocycles. The molecule has 1 aromatic rings. The number of hydrogen-bond acceptors (Lipinski definition) is 6. The fraction of sp³-hybridized carbons (Fsp3) is 0.571. The lowest BCUT2D eigenvalue weighted by Crippen LogP contribution is -2.14. The van der Waals surface area contributed by atoms with E-state index in [2.05, 4.69) is 0 Å². The highest BCUT2D eigenvalue weighted by atomic mass is 32.1. The predicted octanol–water partition coefficient (Wildman–Crippen LogP) is 3.02. The second-order valence-corrected chi connectivity index (χ2v) is 6.29. The van der Waals surface area contributed by atoms with Gasteiger partial charge < -0.3 is 15.2 Å². The molecule has 0 spiro atoms. The quantitative estimate of drug-likeness (QED) is 0.845. The molecule has 0 saturated carbocycles. The van der Waals surface area contributed by atoms with Gasteiger partial charge in [-0.05, 0) is 32.3 Å². The molecule has 0 aliphatic rings. The van der Waals surface area contributed by atoms with Crippen molar-refractivity contribution in [3.8, 4) is 0 Å². The number of nitrogens with two attached hydrogens (primary N) is 1. The van der Waals surface area contributed by atoms with Gasteiger partial charge in [-0.25, -0.2) is 9.59 Å². The van der Waals surface area contributed by atoms with Crippen LogP contribution in [0.5, 0.6) is 0 Å². The highest BCUT2D eigenvalue weighted by Gasteiger charge is 2.25. The summed E-state index contributed by atoms with van der Waals surface area (Å²) < 4.78 is 10.3. The molecule has 6 heteroatoms. The fourth-order valence-corrected chi connectivity index (χ4v) is 2.52. The van der Waals surface area contributed by atoms with Crippen molar-refractivity contribution >= 4 is 28.3 Å². The first-order valence-corrected chi connectivity index (χ1v) is 7.32. The van der Waals surface area contributed by atoms with Crippen LogP contribution < -0.4 is 5.73 Å². The lowest BCUT2D eigenvalue weighted by atomic mass is 10.1. The minimum atomic E-state index is -0.505. The Bertz CT molecular complexity index is 506. The minimum Gasteiger partial charge on any atom is -0.461 e. The van der Waals surface area contributed by atoms with E-state index in [0.29, 0.717) is 17.0 Å². The Kier molecular flexibility index (Phi) is 5.56. The molecule has 0 amide bonds. The largest absolute Gasteiger partial charge is 0.461 e. The Morgan fingerprint density at radius 2 is 1.80 bits per heavy atom. The van der Waals surface area contributed by atoms with E-state index >= 15 is 0 Å². The third-order valence-corrected chi connectivity index (χ3v) is 3.56. The van der Waals surface area contributed by atoms with Crippen LogP contribution in [-0.2, 0) is 9.47 Å². The Morgan fingerprint density at radius 1 is 1.20 bits per heavy atom. The molecule has 0 aromatic carbocycles. The number of nitrogen functional groups attached to an aromatic ring is 1. The van der Waals surface area contributed by atoms with Crippen molar-refractivity contribution in [3.63, 3.8) is 0 Å². The van der Waals surface area contributed by atoms with Crippen LogP contribution >= 0.6 is 11.3 Å². The monoisotopic (exact) mass is 299 g/mol. The molecule has 1 heterocycles. The van der Waals surface area contributed by atoms with Crippen molar-refractivity contribution in [2.24, 2.45) is 5.92 Å². The molecule has 0 atom stereocenters. The fourth-order valence-electron chi connectivity index (χ4n) is 1.57. The summed E-state index contributed by atoms with van der Waals surface area (Å²) in [6.45, 7) is 9.43. The maximum absolute atomic E-state index is 12.0. The molecular formula is C14H21NO4S. The van der Waals surface area contributed by atoms with Crippen LogP contribution in [0.4, 0.5) is 5.00 Å². The molecular weight excluding hydrogens is 278 g/mol. The van der Waals surface area contributed by atoms with Gasteiger partial charge in [0.05, 0.1) is 18.3 Å². The van der Waals surface area contributed by atoms with Crippen molar-refractivity contribution < 1.29 is 19.1 Å². The average molecular weight is 299 g/mol. The molecule has 0 bridgehead atoms. The van der Waals surface area contributed by atoms with E-state index in [9.17, 15) is 9.59 Å². The van der Waals surface area contributed by atoms with Crippen LogP contribution in [-0.4, -0.2) is 24.6 Å². The van der Waals surface area contributed by atoms with Crippen molar-refractivity contribution in [1.82, 2.24) is 0 Å². The molecule has 5 nitrogen and oxygen atoms in total. The third-order valence-electron chi connectivity index (χ3n) is 2.45. The van der Waals surface area contributed by atoms with Crippen LogP contribution in [0.1, 0.15) is 53.3 Å². The topological polar surface area (TPSA) is 78.6 Å². The SMILES string of the molecule is Cc1c(C(=O)OCC(C)C)sc(N)c1C(=O)OC(C)C. The predicted molar refractivity (Wildman–Crippen MR) is 79.1 cm³/mol. The van der Waals surface area contributed by atoms with Crippen molar-refractivity contribution in [1.29, 1.82) is 0 Å². The summed E-state index contributed by atoms with van der Waals surface area (Å²) in [6, 6.07) is 0. The number of carbonyl (C=O) groups excluding carboxylic acids is 2. The highest BCUT2D eigenvalue weighted by molar-refractivity contribution is 7.18. The number of esters is 2. The van der Waals surface area contributed by atoms with Gasteiger partial charge in [-0.3, -0.25) is 0 Å². The number of ether oxygens (including phenoxy) is 2. The third kappa shape index (κ3) is 3.96. The summed E-state index contributed by atoms with van der Waals surface area (Å²) in [4.78, 5) is 24.3. The molecule has 0 aliphatic heterocycles. The Labute approximate surface area is 123 Å². The van der Waals surface area contributed by atoms with Gasteiger partial charge in [-0.15, -0.1) is 11.3 Å². The summed E-state index contributed by atoms with van der Waals surface area (Å²) in [5.41, 5.74) is 6.61. The van der Waals surface area contributed by atoms with Crippen molar-refractivity contribution in [3.05, 3.63) is 16.0 Å². The number of thiophene rings is 1. The zero-order valence-electron chi connectivity index (χ0n) is 12.5. The van der Waals surface area contributed by atoms with E-state index in [-0.39, 0.29) is 22.6 Å². The van der Waals surface area contributed by atoms with Crippen LogP contribution in [0.25, 0.3) is 0 Å². The van der Waals surface area contributed by atoms with Gasteiger partial charge in [-0.1, -0.05) is 13.8 Å². The van der Waals surface area contributed by atoms with Crippen LogP contribution in [0.2, 0.25) is 0 Å². The van der Waals surface area contributed by atoms with E-state index in [1.54, 1.807) is 20.8 Å². The normalized spacial score (nSPS) is 10.9. The van der Waals surface area contributed by atoms with Gasteiger partial charge in [0, 0.05) is 0 Å². The van der Waals surface area contributed by atoms with E-state index < -0.39 is 11.9 Å². The molecule has 0 radical (unpaired) electrons. The standard InChI is InChI=1S/C14H21NO4S/c1-7(2)6-18-14(17)11-9(5)10(12(15)20-11)13(16)19-8(3)4/h7-8H,6,15H2,1-5H3. The maximum atomic E-state index is 12.0. The van der Waals surface area contributed by atoms with E-state index in [1.165, 1.54) is 0 Å². The number of hydrogen-bond donors (Lipinski definition) is 1. The molecule has 20 heavy (non-hydrogen) atoms. The van der Waals surface area contributed by atoms with Gasteiger partial charge in [0.2, 0.25) is 0 Å². The number of carbonyl (C=O) groups is 2. The highest BCUT2D eigenvalue weighted by Crippen LogP contribution is 2.32. The van der Waals surface area contributed by atoms with E-state index in [4.69, 9.17) is 15.2 Å². The molecule has 0 fully saturated rings. The lowest BCUT2D eigenvalue weighted by Gasteiger charge is -2.08. The summed E-state index contributed by atoms with van der Waals surface area (Å²) >= 11 is 1.06. The zero-order valence-corrected chi connectivity index (χ0v) is 13.3. The lowest BCUT2D eigenvalue weighted by molar-refractivity contribution is 0.0379. The summed E-state index contributed by atoms with van der Waals surface area (Å²) in [5, 5.41) is 0.282. The Balaban J connectivity index is 2.96. The second kappa shape index (κ2) is 6.74. The number of anilines is 1. The summed E-state index contributed by atoms with van der Waals surface area (Å²) in [5.74, 6) is -0.701. The van der Waals surface area contributed by atoms with Crippen LogP contribution in [0.15, 0.2) is 0 Å². The van der Waals surface area contributed by atoms with Crippen LogP contribution in [0, 0.1) is 12.8 Å². The van der Waals surface area contributed by atoms with Crippen molar-refractivity contribution in [2.45, 2.75) is 40.7 Å². The summed E-state index contributed by atoms with van der Waals surface area (Å²) in [7, 11) is 0. The minimum absolute atomic E-state index is 0.238.